The standard InChI is InChI=1S/C16H26N4O6S/c1-2-3-4-5-9(17)11(21)19-10-12(22)20-6-16(14(23)24,7-26-15(18)25)8-27-13(10)20/h9-10,13H,2-8,17H2,1H3,(H2,18,25)(H,19,21)(H,23,24)/t9?,10?,13-,16?/m1/s1. The second-order valence-corrected chi connectivity index (χ2v) is 8.05. The Balaban J connectivity index is 1.93. The summed E-state index contributed by atoms with van der Waals surface area (Å²) in [6.45, 7) is 1.53. The number of rotatable bonds is 9. The Bertz CT molecular complexity index is 618. The summed E-state index contributed by atoms with van der Waals surface area (Å²) in [6.07, 6.45) is 2.33. The number of primary amides is 1. The lowest BCUT2D eigenvalue weighted by Crippen LogP contribution is -2.74. The number of ether oxygens (including phenoxy) is 1. The van der Waals surface area contributed by atoms with Crippen LogP contribution in [-0.4, -0.2) is 70.2 Å². The smallest absolute Gasteiger partial charge is 0.404 e. The first-order chi connectivity index (χ1) is 12.7. The Labute approximate surface area is 161 Å². The van der Waals surface area contributed by atoms with E-state index >= 15 is 0 Å². The van der Waals surface area contributed by atoms with Gasteiger partial charge in [0.15, 0.2) is 0 Å². The molecule has 10 nitrogen and oxygen atoms in total. The highest BCUT2D eigenvalue weighted by atomic mass is 32.2. The van der Waals surface area contributed by atoms with Crippen LogP contribution in [0.3, 0.4) is 0 Å². The molecule has 152 valence electrons. The van der Waals surface area contributed by atoms with E-state index in [4.69, 9.17) is 11.5 Å². The number of hydrogen-bond acceptors (Lipinski definition) is 7. The molecular formula is C16H26N4O6S. The summed E-state index contributed by atoms with van der Waals surface area (Å²) in [6, 6.07) is -1.39. The SMILES string of the molecule is CCCCCC(N)C(=O)NC1C(=O)N2CC(COC(N)=O)(C(=O)O)CS[C@H]12. The second-order valence-electron chi connectivity index (χ2n) is 6.95. The molecule has 27 heavy (non-hydrogen) atoms. The first kappa shape index (κ1) is 21.3. The van der Waals surface area contributed by atoms with Crippen molar-refractivity contribution in [3.05, 3.63) is 0 Å². The van der Waals surface area contributed by atoms with Gasteiger partial charge in [0, 0.05) is 12.3 Å². The van der Waals surface area contributed by atoms with Gasteiger partial charge in [-0.05, 0) is 6.42 Å². The summed E-state index contributed by atoms with van der Waals surface area (Å²) < 4.78 is 4.68. The molecule has 0 aromatic carbocycles. The Kier molecular flexibility index (Phi) is 6.93. The van der Waals surface area contributed by atoms with Gasteiger partial charge in [-0.15, -0.1) is 11.8 Å². The quantitative estimate of drug-likeness (QED) is 0.295. The van der Waals surface area contributed by atoms with Crippen LogP contribution in [0.4, 0.5) is 4.79 Å². The molecule has 0 aliphatic carbocycles. The normalized spacial score (nSPS) is 27.9. The summed E-state index contributed by atoms with van der Waals surface area (Å²) in [5, 5.41) is 11.8. The van der Waals surface area contributed by atoms with Gasteiger partial charge in [0.1, 0.15) is 23.4 Å². The number of unbranched alkanes of at least 4 members (excludes halogenated alkanes) is 2. The van der Waals surface area contributed by atoms with Crippen molar-refractivity contribution in [3.63, 3.8) is 0 Å². The Hall–Kier alpha value is -2.01. The van der Waals surface area contributed by atoms with Gasteiger partial charge >= 0.3 is 12.1 Å². The zero-order chi connectivity index (χ0) is 20.2. The van der Waals surface area contributed by atoms with E-state index in [0.29, 0.717) is 6.42 Å². The third-order valence-corrected chi connectivity index (χ3v) is 6.43. The molecule has 2 rings (SSSR count). The van der Waals surface area contributed by atoms with Gasteiger partial charge in [-0.1, -0.05) is 26.2 Å². The minimum absolute atomic E-state index is 0.110. The van der Waals surface area contributed by atoms with Crippen molar-refractivity contribution in [2.24, 2.45) is 16.9 Å². The van der Waals surface area contributed by atoms with E-state index in [1.807, 2.05) is 0 Å². The first-order valence-electron chi connectivity index (χ1n) is 8.85. The molecule has 0 bridgehead atoms. The lowest BCUT2D eigenvalue weighted by atomic mass is 9.88. The lowest BCUT2D eigenvalue weighted by molar-refractivity contribution is -0.161. The van der Waals surface area contributed by atoms with Crippen LogP contribution in [-0.2, 0) is 19.1 Å². The predicted octanol–water partition coefficient (Wildman–Crippen LogP) is -0.540. The first-order valence-corrected chi connectivity index (χ1v) is 9.90. The molecule has 3 amide bonds. The second kappa shape index (κ2) is 8.79. The molecule has 0 aromatic rings. The highest BCUT2D eigenvalue weighted by Gasteiger charge is 2.58. The van der Waals surface area contributed by atoms with Crippen molar-refractivity contribution in [1.82, 2.24) is 10.2 Å². The van der Waals surface area contributed by atoms with Crippen LogP contribution in [0.2, 0.25) is 0 Å². The lowest BCUT2D eigenvalue weighted by Gasteiger charge is -2.53. The van der Waals surface area contributed by atoms with Crippen molar-refractivity contribution in [2.45, 2.75) is 50.1 Å². The zero-order valence-electron chi connectivity index (χ0n) is 15.2. The molecule has 6 N–H and O–H groups in total. The predicted molar refractivity (Wildman–Crippen MR) is 97.6 cm³/mol. The Morgan fingerprint density at radius 1 is 1.44 bits per heavy atom. The van der Waals surface area contributed by atoms with Crippen LogP contribution in [0.1, 0.15) is 32.6 Å². The summed E-state index contributed by atoms with van der Waals surface area (Å²) >= 11 is 1.22. The number of hydrogen-bond donors (Lipinski definition) is 4. The fourth-order valence-electron chi connectivity index (χ4n) is 3.12. The highest BCUT2D eigenvalue weighted by molar-refractivity contribution is 8.00. The van der Waals surface area contributed by atoms with Gasteiger partial charge in [0.25, 0.3) is 0 Å². The van der Waals surface area contributed by atoms with E-state index in [0.717, 1.165) is 19.3 Å². The van der Waals surface area contributed by atoms with Gasteiger partial charge in [-0.25, -0.2) is 4.79 Å². The van der Waals surface area contributed by atoms with E-state index in [2.05, 4.69) is 17.0 Å². The molecule has 2 heterocycles. The topological polar surface area (TPSA) is 165 Å². The molecule has 0 aromatic heterocycles. The molecule has 2 aliphatic heterocycles. The average molecular weight is 402 g/mol. The number of nitrogens with zero attached hydrogens (tertiary/aromatic N) is 1. The van der Waals surface area contributed by atoms with Crippen LogP contribution >= 0.6 is 11.8 Å². The number of carboxylic acid groups (broad SMARTS) is 1. The largest absolute Gasteiger partial charge is 0.481 e. The molecular weight excluding hydrogens is 376 g/mol. The Morgan fingerprint density at radius 3 is 2.74 bits per heavy atom. The molecule has 4 atom stereocenters. The number of thioether (sulfide) groups is 1. The number of fused-ring (bicyclic) bond motifs is 1. The van der Waals surface area contributed by atoms with Crippen molar-refractivity contribution >= 4 is 35.6 Å². The van der Waals surface area contributed by atoms with Gasteiger partial charge in [0.2, 0.25) is 11.8 Å². The van der Waals surface area contributed by atoms with E-state index in [1.54, 1.807) is 0 Å². The van der Waals surface area contributed by atoms with Crippen molar-refractivity contribution in [1.29, 1.82) is 0 Å². The van der Waals surface area contributed by atoms with Crippen LogP contribution in [0.15, 0.2) is 0 Å². The van der Waals surface area contributed by atoms with Crippen LogP contribution < -0.4 is 16.8 Å². The molecule has 2 saturated heterocycles. The van der Waals surface area contributed by atoms with Crippen LogP contribution in [0.5, 0.6) is 0 Å². The number of nitrogens with two attached hydrogens (primary N) is 2. The maximum Gasteiger partial charge on any atom is 0.404 e. The van der Waals surface area contributed by atoms with Crippen molar-refractivity contribution < 1.29 is 29.0 Å². The maximum atomic E-state index is 12.4. The summed E-state index contributed by atoms with van der Waals surface area (Å²) in [7, 11) is 0. The minimum atomic E-state index is -1.42. The van der Waals surface area contributed by atoms with Crippen LogP contribution in [0.25, 0.3) is 0 Å². The zero-order valence-corrected chi connectivity index (χ0v) is 16.0. The molecule has 11 heteroatoms. The number of nitrogens with one attached hydrogen (secondary N) is 1. The number of carbonyl (C=O) groups excluding carboxylic acids is 3. The molecule has 0 spiro atoms. The highest BCUT2D eigenvalue weighted by Crippen LogP contribution is 2.42. The van der Waals surface area contributed by atoms with E-state index in [-0.39, 0.29) is 29.5 Å². The summed E-state index contributed by atoms with van der Waals surface area (Å²) in [4.78, 5) is 48.5. The number of carboxylic acids is 1. The Morgan fingerprint density at radius 2 is 2.15 bits per heavy atom. The summed E-state index contributed by atoms with van der Waals surface area (Å²) in [5.41, 5.74) is 9.37. The average Bonchev–Trinajstić information content (AvgIpc) is 2.63. The van der Waals surface area contributed by atoms with Gasteiger partial charge in [-0.3, -0.25) is 14.4 Å². The molecule has 3 unspecified atom stereocenters. The molecule has 0 saturated carbocycles. The van der Waals surface area contributed by atoms with E-state index in [9.17, 15) is 24.3 Å². The van der Waals surface area contributed by atoms with Crippen LogP contribution in [0, 0.1) is 5.41 Å². The number of carbonyl (C=O) groups is 4. The minimum Gasteiger partial charge on any atom is -0.481 e. The third-order valence-electron chi connectivity index (χ3n) is 4.84. The van der Waals surface area contributed by atoms with Crippen molar-refractivity contribution in [2.75, 3.05) is 18.9 Å². The monoisotopic (exact) mass is 402 g/mol. The molecule has 2 aliphatic rings. The van der Waals surface area contributed by atoms with Gasteiger partial charge in [0.05, 0.1) is 6.04 Å². The number of aliphatic carboxylic acids is 1. The van der Waals surface area contributed by atoms with E-state index < -0.39 is 36.2 Å². The van der Waals surface area contributed by atoms with Gasteiger partial charge < -0.3 is 31.5 Å². The fraction of sp³-hybridized carbons (Fsp3) is 0.750. The molecule has 2 fully saturated rings. The third kappa shape index (κ3) is 4.64. The fourth-order valence-corrected chi connectivity index (χ4v) is 4.64. The summed E-state index contributed by atoms with van der Waals surface area (Å²) in [5.74, 6) is -1.80. The number of amides is 3. The molecule has 0 radical (unpaired) electrons. The van der Waals surface area contributed by atoms with Crippen molar-refractivity contribution in [3.8, 4) is 0 Å². The van der Waals surface area contributed by atoms with E-state index in [1.165, 1.54) is 16.7 Å². The number of β-lactam (4-membered cyclic amide) rings is 1. The maximum absolute atomic E-state index is 12.4. The van der Waals surface area contributed by atoms with Gasteiger partial charge in [-0.2, -0.15) is 0 Å².